The first-order chi connectivity index (χ1) is 15.1. The number of rotatable bonds is 11. The van der Waals surface area contributed by atoms with Crippen LogP contribution in [-0.2, 0) is 16.1 Å². The number of hydrogen-bond donors (Lipinski definition) is 2. The Morgan fingerprint density at radius 2 is 2.03 bits per heavy atom. The summed E-state index contributed by atoms with van der Waals surface area (Å²) in [6.45, 7) is 2.83. The summed E-state index contributed by atoms with van der Waals surface area (Å²) < 4.78 is 5.99. The summed E-state index contributed by atoms with van der Waals surface area (Å²) in [5.74, 6) is 0.606. The van der Waals surface area contributed by atoms with Gasteiger partial charge in [0.2, 0.25) is 16.9 Å². The van der Waals surface area contributed by atoms with Crippen LogP contribution in [0.3, 0.4) is 0 Å². The van der Waals surface area contributed by atoms with Crippen molar-refractivity contribution in [1.29, 1.82) is 0 Å². The van der Waals surface area contributed by atoms with E-state index in [0.29, 0.717) is 28.3 Å². The van der Waals surface area contributed by atoms with Gasteiger partial charge in [0, 0.05) is 11.4 Å². The molecule has 2 heterocycles. The molecule has 2 aromatic heterocycles. The van der Waals surface area contributed by atoms with Crippen LogP contribution in [0, 0.1) is 0 Å². The van der Waals surface area contributed by atoms with Gasteiger partial charge >= 0.3 is 0 Å². The van der Waals surface area contributed by atoms with Crippen molar-refractivity contribution in [2.75, 3.05) is 31.3 Å². The second-order valence-electron chi connectivity index (χ2n) is 6.25. The van der Waals surface area contributed by atoms with Gasteiger partial charge in [-0.1, -0.05) is 41.3 Å². The van der Waals surface area contributed by atoms with Crippen LogP contribution in [0.2, 0.25) is 0 Å². The van der Waals surface area contributed by atoms with E-state index in [1.165, 1.54) is 28.0 Å². The fourth-order valence-corrected chi connectivity index (χ4v) is 4.91. The predicted octanol–water partition coefficient (Wildman–Crippen LogP) is 3.61. The first-order valence-electron chi connectivity index (χ1n) is 9.52. The molecule has 2 amide bonds. The van der Waals surface area contributed by atoms with E-state index in [2.05, 4.69) is 20.8 Å². The maximum absolute atomic E-state index is 12.5. The van der Waals surface area contributed by atoms with Gasteiger partial charge in [-0.05, 0) is 30.5 Å². The molecular formula is C20H23N5O3S3. The van der Waals surface area contributed by atoms with Gasteiger partial charge in [-0.2, -0.15) is 0 Å². The fraction of sp³-hybridized carbons (Fsp3) is 0.300. The number of carbonyl (C=O) groups excluding carboxylic acids is 2. The summed E-state index contributed by atoms with van der Waals surface area (Å²) in [5, 5.41) is 16.8. The number of anilines is 2. The van der Waals surface area contributed by atoms with Crippen LogP contribution >= 0.6 is 34.4 Å². The molecular weight excluding hydrogens is 454 g/mol. The molecule has 0 spiro atoms. The zero-order valence-electron chi connectivity index (χ0n) is 17.2. The quantitative estimate of drug-likeness (QED) is 0.407. The zero-order chi connectivity index (χ0) is 22.1. The SMILES string of the molecule is CCN(CC(=O)NCc1cccs1)C(=O)CSc1nnc(Nc2ccccc2OC)s1. The first kappa shape index (κ1) is 23.0. The van der Waals surface area contributed by atoms with Gasteiger partial charge in [-0.15, -0.1) is 21.5 Å². The highest BCUT2D eigenvalue weighted by atomic mass is 32.2. The number of nitrogens with zero attached hydrogens (tertiary/aromatic N) is 3. The van der Waals surface area contributed by atoms with Gasteiger partial charge in [0.15, 0.2) is 4.34 Å². The number of aromatic nitrogens is 2. The Morgan fingerprint density at radius 3 is 2.77 bits per heavy atom. The smallest absolute Gasteiger partial charge is 0.239 e. The van der Waals surface area contributed by atoms with Gasteiger partial charge in [0.1, 0.15) is 5.75 Å². The van der Waals surface area contributed by atoms with E-state index < -0.39 is 0 Å². The lowest BCUT2D eigenvalue weighted by atomic mass is 10.3. The maximum atomic E-state index is 12.5. The third-order valence-electron chi connectivity index (χ3n) is 4.18. The summed E-state index contributed by atoms with van der Waals surface area (Å²) in [7, 11) is 1.61. The Hall–Kier alpha value is -2.63. The number of likely N-dealkylation sites (N-methyl/N-ethyl adjacent to an activating group) is 1. The lowest BCUT2D eigenvalue weighted by Crippen LogP contribution is -2.41. The molecule has 0 atom stereocenters. The number of para-hydroxylation sites is 2. The zero-order valence-corrected chi connectivity index (χ0v) is 19.6. The number of amides is 2. The topological polar surface area (TPSA) is 96.5 Å². The lowest BCUT2D eigenvalue weighted by molar-refractivity contribution is -0.133. The first-order valence-corrected chi connectivity index (χ1v) is 12.2. The molecule has 11 heteroatoms. The molecule has 0 unspecified atom stereocenters. The van der Waals surface area contributed by atoms with Crippen molar-refractivity contribution in [3.8, 4) is 5.75 Å². The number of carbonyl (C=O) groups is 2. The van der Waals surface area contributed by atoms with E-state index in [9.17, 15) is 9.59 Å². The van der Waals surface area contributed by atoms with Crippen LogP contribution in [0.25, 0.3) is 0 Å². The largest absolute Gasteiger partial charge is 0.495 e. The van der Waals surface area contributed by atoms with Crippen LogP contribution in [0.5, 0.6) is 5.75 Å². The van der Waals surface area contributed by atoms with Crippen LogP contribution in [0.15, 0.2) is 46.1 Å². The predicted molar refractivity (Wildman–Crippen MR) is 125 cm³/mol. The fourth-order valence-electron chi connectivity index (χ4n) is 2.60. The van der Waals surface area contributed by atoms with Crippen molar-refractivity contribution in [2.24, 2.45) is 0 Å². The minimum atomic E-state index is -0.173. The third-order valence-corrected chi connectivity index (χ3v) is 7.02. The molecule has 8 nitrogen and oxygen atoms in total. The van der Waals surface area contributed by atoms with Crippen molar-refractivity contribution in [3.63, 3.8) is 0 Å². The molecule has 3 rings (SSSR count). The molecule has 31 heavy (non-hydrogen) atoms. The minimum Gasteiger partial charge on any atom is -0.495 e. The standard InChI is InChI=1S/C20H23N5O3S3/c1-3-25(12-17(26)21-11-14-7-6-10-29-14)18(27)13-30-20-24-23-19(31-20)22-15-8-4-5-9-16(15)28-2/h4-10H,3,11-13H2,1-2H3,(H,21,26)(H,22,23). The molecule has 1 aromatic carbocycles. The molecule has 0 saturated carbocycles. The average Bonchev–Trinajstić information content (AvgIpc) is 3.47. The van der Waals surface area contributed by atoms with Gasteiger partial charge in [-0.3, -0.25) is 9.59 Å². The van der Waals surface area contributed by atoms with Gasteiger partial charge in [0.05, 0.1) is 31.6 Å². The van der Waals surface area contributed by atoms with Crippen molar-refractivity contribution in [1.82, 2.24) is 20.4 Å². The Labute approximate surface area is 193 Å². The van der Waals surface area contributed by atoms with E-state index in [0.717, 1.165) is 10.6 Å². The second-order valence-corrected chi connectivity index (χ2v) is 9.48. The molecule has 0 bridgehead atoms. The molecule has 3 aromatic rings. The molecule has 2 N–H and O–H groups in total. The molecule has 0 aliphatic carbocycles. The molecule has 164 valence electrons. The monoisotopic (exact) mass is 477 g/mol. The van der Waals surface area contributed by atoms with E-state index in [1.807, 2.05) is 48.7 Å². The van der Waals surface area contributed by atoms with Crippen LogP contribution < -0.4 is 15.4 Å². The number of benzene rings is 1. The molecule has 0 fully saturated rings. The van der Waals surface area contributed by atoms with Crippen molar-refractivity contribution in [3.05, 3.63) is 46.7 Å². The molecule has 0 aliphatic rings. The minimum absolute atomic E-state index is 0.0397. The number of thioether (sulfide) groups is 1. The van der Waals surface area contributed by atoms with Crippen molar-refractivity contribution in [2.45, 2.75) is 17.8 Å². The highest BCUT2D eigenvalue weighted by molar-refractivity contribution is 8.01. The van der Waals surface area contributed by atoms with Gasteiger partial charge in [0.25, 0.3) is 0 Å². The van der Waals surface area contributed by atoms with Crippen LogP contribution in [0.4, 0.5) is 10.8 Å². The van der Waals surface area contributed by atoms with E-state index in [1.54, 1.807) is 18.4 Å². The lowest BCUT2D eigenvalue weighted by Gasteiger charge is -2.19. The van der Waals surface area contributed by atoms with Crippen molar-refractivity contribution >= 4 is 57.1 Å². The van der Waals surface area contributed by atoms with Gasteiger partial charge in [-0.25, -0.2) is 0 Å². The molecule has 0 radical (unpaired) electrons. The summed E-state index contributed by atoms with van der Waals surface area (Å²) in [6.07, 6.45) is 0. The highest BCUT2D eigenvalue weighted by Gasteiger charge is 2.17. The highest BCUT2D eigenvalue weighted by Crippen LogP contribution is 2.31. The van der Waals surface area contributed by atoms with Crippen LogP contribution in [0.1, 0.15) is 11.8 Å². The number of nitrogens with one attached hydrogen (secondary N) is 2. The number of thiophene rings is 1. The second kappa shape index (κ2) is 11.7. The number of methoxy groups -OCH3 is 1. The summed E-state index contributed by atoms with van der Waals surface area (Å²) in [4.78, 5) is 27.3. The summed E-state index contributed by atoms with van der Waals surface area (Å²) in [5.41, 5.74) is 0.791. The Kier molecular flexibility index (Phi) is 8.68. The third kappa shape index (κ3) is 6.94. The molecule has 0 aliphatic heterocycles. The Morgan fingerprint density at radius 1 is 1.19 bits per heavy atom. The van der Waals surface area contributed by atoms with Gasteiger partial charge < -0.3 is 20.3 Å². The Bertz CT molecular complexity index is 994. The average molecular weight is 478 g/mol. The van der Waals surface area contributed by atoms with E-state index in [-0.39, 0.29) is 24.1 Å². The van der Waals surface area contributed by atoms with E-state index in [4.69, 9.17) is 4.74 Å². The summed E-state index contributed by atoms with van der Waals surface area (Å²) >= 11 is 4.24. The van der Waals surface area contributed by atoms with Crippen LogP contribution in [-0.4, -0.2) is 52.9 Å². The summed E-state index contributed by atoms with van der Waals surface area (Å²) in [6, 6.07) is 11.4. The number of ether oxygens (including phenoxy) is 1. The Balaban J connectivity index is 1.47. The molecule has 0 saturated heterocycles. The number of hydrogen-bond acceptors (Lipinski definition) is 9. The van der Waals surface area contributed by atoms with Crippen molar-refractivity contribution < 1.29 is 14.3 Å². The van der Waals surface area contributed by atoms with E-state index >= 15 is 0 Å². The maximum Gasteiger partial charge on any atom is 0.239 e. The normalized spacial score (nSPS) is 10.5.